The van der Waals surface area contributed by atoms with Crippen molar-refractivity contribution < 1.29 is 14.3 Å². The van der Waals surface area contributed by atoms with Crippen molar-refractivity contribution in [3.63, 3.8) is 0 Å². The Bertz CT molecular complexity index is 394. The van der Waals surface area contributed by atoms with Crippen molar-refractivity contribution in [3.05, 3.63) is 0 Å². The highest BCUT2D eigenvalue weighted by atomic mass is 16.5. The van der Waals surface area contributed by atoms with Gasteiger partial charge in [-0.05, 0) is 33.2 Å². The summed E-state index contributed by atoms with van der Waals surface area (Å²) >= 11 is 0. The molecule has 0 aromatic rings. The molecule has 2 heterocycles. The lowest BCUT2D eigenvalue weighted by Crippen LogP contribution is -2.54. The fourth-order valence-electron chi connectivity index (χ4n) is 3.45. The van der Waals surface area contributed by atoms with Crippen molar-refractivity contribution in [1.82, 2.24) is 15.1 Å². The van der Waals surface area contributed by atoms with Crippen LogP contribution in [0.2, 0.25) is 0 Å². The van der Waals surface area contributed by atoms with Crippen LogP contribution in [0.4, 0.5) is 0 Å². The second kappa shape index (κ2) is 7.92. The molecular formula is C16H29N3O3. The molecule has 6 heteroatoms. The summed E-state index contributed by atoms with van der Waals surface area (Å²) in [5.41, 5.74) is 0. The lowest BCUT2D eigenvalue weighted by Gasteiger charge is -2.40. The number of esters is 1. The van der Waals surface area contributed by atoms with Gasteiger partial charge in [0.1, 0.15) is 0 Å². The topological polar surface area (TPSA) is 61.9 Å². The van der Waals surface area contributed by atoms with Crippen LogP contribution in [-0.2, 0) is 14.3 Å². The van der Waals surface area contributed by atoms with E-state index in [0.717, 1.165) is 45.6 Å². The van der Waals surface area contributed by atoms with Crippen molar-refractivity contribution in [2.75, 3.05) is 39.8 Å². The molecule has 126 valence electrons. The number of carbonyl (C=O) groups is 2. The quantitative estimate of drug-likeness (QED) is 0.765. The second-order valence-electron chi connectivity index (χ2n) is 6.57. The first-order valence-corrected chi connectivity index (χ1v) is 8.34. The molecule has 0 aromatic carbocycles. The van der Waals surface area contributed by atoms with Crippen molar-refractivity contribution in [1.29, 1.82) is 0 Å². The first-order chi connectivity index (χ1) is 10.5. The van der Waals surface area contributed by atoms with Crippen molar-refractivity contribution in [2.24, 2.45) is 5.92 Å². The van der Waals surface area contributed by atoms with E-state index in [0.29, 0.717) is 18.4 Å². The molecule has 0 aromatic heterocycles. The number of hydrogen-bond donors (Lipinski definition) is 1. The summed E-state index contributed by atoms with van der Waals surface area (Å²) in [6.07, 6.45) is 2.30. The van der Waals surface area contributed by atoms with Crippen LogP contribution >= 0.6 is 0 Å². The number of rotatable bonds is 4. The molecule has 2 fully saturated rings. The van der Waals surface area contributed by atoms with Gasteiger partial charge < -0.3 is 15.0 Å². The highest BCUT2D eigenvalue weighted by Crippen LogP contribution is 2.20. The molecule has 0 aliphatic carbocycles. The Labute approximate surface area is 133 Å². The van der Waals surface area contributed by atoms with Crippen LogP contribution in [0.5, 0.6) is 0 Å². The van der Waals surface area contributed by atoms with Crippen LogP contribution in [0.25, 0.3) is 0 Å². The largest absolute Gasteiger partial charge is 0.469 e. The molecule has 1 N–H and O–H groups in total. The lowest BCUT2D eigenvalue weighted by atomic mass is 9.92. The molecule has 2 rings (SSSR count). The monoisotopic (exact) mass is 311 g/mol. The smallest absolute Gasteiger partial charge is 0.307 e. The van der Waals surface area contributed by atoms with Gasteiger partial charge in [-0.25, -0.2) is 0 Å². The summed E-state index contributed by atoms with van der Waals surface area (Å²) in [4.78, 5) is 28.2. The van der Waals surface area contributed by atoms with E-state index >= 15 is 0 Å². The summed E-state index contributed by atoms with van der Waals surface area (Å²) in [6.45, 7) is 8.34. The summed E-state index contributed by atoms with van der Waals surface area (Å²) in [6, 6.07) is 0.604. The van der Waals surface area contributed by atoms with Gasteiger partial charge in [-0.3, -0.25) is 14.5 Å². The third kappa shape index (κ3) is 4.43. The maximum Gasteiger partial charge on any atom is 0.307 e. The minimum absolute atomic E-state index is 0.170. The molecule has 6 nitrogen and oxygen atoms in total. The predicted molar refractivity (Wildman–Crippen MR) is 84.4 cm³/mol. The van der Waals surface area contributed by atoms with E-state index in [2.05, 4.69) is 17.1 Å². The molecular weight excluding hydrogens is 282 g/mol. The zero-order valence-electron chi connectivity index (χ0n) is 14.0. The number of nitrogens with zero attached hydrogens (tertiary/aromatic N) is 2. The van der Waals surface area contributed by atoms with Gasteiger partial charge in [0, 0.05) is 44.2 Å². The first kappa shape index (κ1) is 17.2. The van der Waals surface area contributed by atoms with Crippen LogP contribution in [0.3, 0.4) is 0 Å². The summed E-state index contributed by atoms with van der Waals surface area (Å²) in [7, 11) is 1.42. The van der Waals surface area contributed by atoms with E-state index in [1.165, 1.54) is 7.11 Å². The lowest BCUT2D eigenvalue weighted by molar-refractivity contribution is -0.143. The Kier molecular flexibility index (Phi) is 6.20. The van der Waals surface area contributed by atoms with Gasteiger partial charge in [0.05, 0.1) is 13.5 Å². The first-order valence-electron chi connectivity index (χ1n) is 8.34. The number of amides is 1. The van der Waals surface area contributed by atoms with E-state index in [1.54, 1.807) is 0 Å². The standard InChI is InChI=1S/C16H29N3O3/c1-12-10-14(4-5-17-12)16(21)19-8-6-18(7-9-19)13(2)11-15(20)22-3/h12-14,17H,4-11H2,1-3H3/t12-,13?,14-/m0/s1. The molecule has 1 amide bonds. The average molecular weight is 311 g/mol. The molecule has 0 saturated carbocycles. The van der Waals surface area contributed by atoms with Crippen molar-refractivity contribution in [2.45, 2.75) is 45.2 Å². The van der Waals surface area contributed by atoms with Gasteiger partial charge in [0.2, 0.25) is 5.91 Å². The normalized spacial score (nSPS) is 28.2. The Hall–Kier alpha value is -1.14. The van der Waals surface area contributed by atoms with Gasteiger partial charge in [-0.1, -0.05) is 0 Å². The molecule has 22 heavy (non-hydrogen) atoms. The van der Waals surface area contributed by atoms with Gasteiger partial charge >= 0.3 is 5.97 Å². The number of piperazine rings is 1. The molecule has 2 aliphatic rings. The number of methoxy groups -OCH3 is 1. The van der Waals surface area contributed by atoms with Crippen molar-refractivity contribution in [3.8, 4) is 0 Å². The zero-order valence-corrected chi connectivity index (χ0v) is 14.0. The number of nitrogens with one attached hydrogen (secondary N) is 1. The van der Waals surface area contributed by atoms with E-state index in [1.807, 2.05) is 11.8 Å². The number of ether oxygens (including phenoxy) is 1. The minimum Gasteiger partial charge on any atom is -0.469 e. The molecule has 0 radical (unpaired) electrons. The highest BCUT2D eigenvalue weighted by molar-refractivity contribution is 5.79. The third-order valence-electron chi connectivity index (χ3n) is 4.91. The fourth-order valence-corrected chi connectivity index (χ4v) is 3.45. The molecule has 2 aliphatic heterocycles. The Morgan fingerprint density at radius 2 is 1.95 bits per heavy atom. The van der Waals surface area contributed by atoms with Crippen LogP contribution in [0.1, 0.15) is 33.1 Å². The highest BCUT2D eigenvalue weighted by Gasteiger charge is 2.31. The van der Waals surface area contributed by atoms with Crippen LogP contribution in [-0.4, -0.2) is 73.6 Å². The minimum atomic E-state index is -0.172. The Balaban J connectivity index is 1.78. The van der Waals surface area contributed by atoms with Crippen molar-refractivity contribution >= 4 is 11.9 Å². The summed E-state index contributed by atoms with van der Waals surface area (Å²) in [5.74, 6) is 0.318. The average Bonchev–Trinajstić information content (AvgIpc) is 2.54. The number of hydrogen-bond acceptors (Lipinski definition) is 5. The van der Waals surface area contributed by atoms with Gasteiger partial charge in [-0.2, -0.15) is 0 Å². The fraction of sp³-hybridized carbons (Fsp3) is 0.875. The van der Waals surface area contributed by atoms with E-state index in [9.17, 15) is 9.59 Å². The summed E-state index contributed by atoms with van der Waals surface area (Å²) in [5, 5.41) is 3.39. The SMILES string of the molecule is COC(=O)CC(C)N1CCN(C(=O)[C@H]2CCN[C@@H](C)C2)CC1. The van der Waals surface area contributed by atoms with Crippen LogP contribution < -0.4 is 5.32 Å². The Morgan fingerprint density at radius 3 is 2.55 bits per heavy atom. The van der Waals surface area contributed by atoms with Crippen LogP contribution in [0.15, 0.2) is 0 Å². The molecule has 2 saturated heterocycles. The second-order valence-corrected chi connectivity index (χ2v) is 6.57. The van der Waals surface area contributed by atoms with Gasteiger partial charge in [0.15, 0.2) is 0 Å². The van der Waals surface area contributed by atoms with Gasteiger partial charge in [-0.15, -0.1) is 0 Å². The molecule has 1 unspecified atom stereocenters. The Morgan fingerprint density at radius 1 is 1.27 bits per heavy atom. The molecule has 0 spiro atoms. The molecule has 3 atom stereocenters. The third-order valence-corrected chi connectivity index (χ3v) is 4.91. The summed E-state index contributed by atoms with van der Waals surface area (Å²) < 4.78 is 4.72. The van der Waals surface area contributed by atoms with Crippen LogP contribution in [0, 0.1) is 5.92 Å². The zero-order chi connectivity index (χ0) is 16.1. The van der Waals surface area contributed by atoms with E-state index in [-0.39, 0.29) is 17.9 Å². The number of carbonyl (C=O) groups excluding carboxylic acids is 2. The molecule has 0 bridgehead atoms. The maximum absolute atomic E-state index is 12.6. The van der Waals surface area contributed by atoms with Gasteiger partial charge in [0.25, 0.3) is 0 Å². The maximum atomic E-state index is 12.6. The van der Waals surface area contributed by atoms with E-state index < -0.39 is 0 Å². The number of piperidine rings is 1. The van der Waals surface area contributed by atoms with E-state index in [4.69, 9.17) is 4.74 Å². The predicted octanol–water partition coefficient (Wildman–Crippen LogP) is 0.470.